The number of nitrogens with zero attached hydrogens (tertiary/aromatic N) is 8. The molecule has 4 aromatic heterocycles. The van der Waals surface area contributed by atoms with Gasteiger partial charge in [-0.1, -0.05) is 48.5 Å². The molecule has 0 radical (unpaired) electrons. The van der Waals surface area contributed by atoms with Crippen molar-refractivity contribution in [1.82, 2.24) is 19.9 Å². The highest BCUT2D eigenvalue weighted by atomic mass is 15.4. The second kappa shape index (κ2) is 10.9. The first-order chi connectivity index (χ1) is 21.8. The standard InChI is InChI=1S/C34H28B2N8/c1-35-43(31-18-8-10-22-37-31)30-21-20-26(40-34(30)44(35)32-19-9-11-23-38-32)25-36-41(27-13-4-2-5-14-27)29-17-12-24-39-33(29)42(36)28-15-6-3-7-16-28/h2-24H,25H2,1H3. The van der Waals surface area contributed by atoms with Crippen LogP contribution in [0.25, 0.3) is 0 Å². The predicted octanol–water partition coefficient (Wildman–Crippen LogP) is 7.23. The van der Waals surface area contributed by atoms with E-state index in [1.54, 1.807) is 0 Å². The highest BCUT2D eigenvalue weighted by Gasteiger charge is 2.45. The third kappa shape index (κ3) is 4.34. The molecule has 44 heavy (non-hydrogen) atoms. The smallest absolute Gasteiger partial charge is 0.362 e. The van der Waals surface area contributed by atoms with E-state index in [0.29, 0.717) is 6.32 Å². The molecule has 8 rings (SSSR count). The van der Waals surface area contributed by atoms with Gasteiger partial charge in [0.05, 0.1) is 11.4 Å². The molecule has 6 aromatic rings. The van der Waals surface area contributed by atoms with Crippen LogP contribution >= 0.6 is 0 Å². The molecule has 6 heterocycles. The van der Waals surface area contributed by atoms with Gasteiger partial charge in [0.15, 0.2) is 0 Å². The first kappa shape index (κ1) is 26.0. The lowest BCUT2D eigenvalue weighted by Gasteiger charge is -2.29. The monoisotopic (exact) mass is 570 g/mol. The molecule has 0 aliphatic carbocycles. The Balaban J connectivity index is 1.25. The van der Waals surface area contributed by atoms with E-state index >= 15 is 0 Å². The Labute approximate surface area is 257 Å². The number of hydrogen-bond donors (Lipinski definition) is 0. The fourth-order valence-corrected chi connectivity index (χ4v) is 6.39. The molecule has 210 valence electrons. The van der Waals surface area contributed by atoms with Gasteiger partial charge in [0.25, 0.3) is 0 Å². The molecular weight excluding hydrogens is 542 g/mol. The van der Waals surface area contributed by atoms with Crippen LogP contribution in [0.1, 0.15) is 5.69 Å². The number of pyridine rings is 4. The fourth-order valence-electron chi connectivity index (χ4n) is 6.39. The maximum absolute atomic E-state index is 5.36. The van der Waals surface area contributed by atoms with Crippen LogP contribution < -0.4 is 19.2 Å². The van der Waals surface area contributed by atoms with Crippen molar-refractivity contribution in [2.45, 2.75) is 13.1 Å². The van der Waals surface area contributed by atoms with Crippen molar-refractivity contribution < 1.29 is 0 Å². The minimum absolute atomic E-state index is 0.0703. The van der Waals surface area contributed by atoms with Crippen molar-refractivity contribution >= 4 is 60.0 Å². The Morgan fingerprint density at radius 3 is 1.75 bits per heavy atom. The Kier molecular flexibility index (Phi) is 6.44. The van der Waals surface area contributed by atoms with Crippen molar-refractivity contribution in [3.8, 4) is 0 Å². The maximum Gasteiger partial charge on any atom is 0.392 e. The molecule has 0 amide bonds. The summed E-state index contributed by atoms with van der Waals surface area (Å²) in [6.45, 7) is 2.00. The van der Waals surface area contributed by atoms with Gasteiger partial charge >= 0.3 is 14.0 Å². The first-order valence-corrected chi connectivity index (χ1v) is 14.8. The summed E-state index contributed by atoms with van der Waals surface area (Å²) in [6, 6.07) is 41.5. The van der Waals surface area contributed by atoms with E-state index in [4.69, 9.17) is 15.0 Å². The van der Waals surface area contributed by atoms with Crippen LogP contribution in [-0.2, 0) is 6.32 Å². The summed E-state index contributed by atoms with van der Waals surface area (Å²) in [7, 11) is 0. The zero-order valence-corrected chi connectivity index (χ0v) is 24.2. The largest absolute Gasteiger partial charge is 0.392 e. The molecule has 0 bridgehead atoms. The average molecular weight is 570 g/mol. The van der Waals surface area contributed by atoms with E-state index < -0.39 is 0 Å². The van der Waals surface area contributed by atoms with Gasteiger partial charge in [-0.15, -0.1) is 0 Å². The summed E-state index contributed by atoms with van der Waals surface area (Å²) in [5.74, 6) is 3.51. The Bertz CT molecular complexity index is 1830. The Hall–Kier alpha value is -5.63. The van der Waals surface area contributed by atoms with E-state index in [2.05, 4.69) is 104 Å². The van der Waals surface area contributed by atoms with Crippen LogP contribution in [0.2, 0.25) is 6.82 Å². The molecule has 0 saturated carbocycles. The number of hydrogen-bond acceptors (Lipinski definition) is 8. The molecule has 2 aliphatic heterocycles. The van der Waals surface area contributed by atoms with Crippen molar-refractivity contribution in [1.29, 1.82) is 0 Å². The number of benzene rings is 2. The van der Waals surface area contributed by atoms with Crippen LogP contribution in [0.3, 0.4) is 0 Å². The second-order valence-electron chi connectivity index (χ2n) is 10.8. The van der Waals surface area contributed by atoms with Crippen molar-refractivity contribution in [3.63, 3.8) is 0 Å². The molecule has 10 heteroatoms. The molecule has 0 atom stereocenters. The molecule has 0 saturated heterocycles. The van der Waals surface area contributed by atoms with Gasteiger partial charge in [-0.3, -0.25) is 0 Å². The van der Waals surface area contributed by atoms with Crippen LogP contribution in [0.4, 0.5) is 46.0 Å². The van der Waals surface area contributed by atoms with Crippen LogP contribution in [0, 0.1) is 0 Å². The second-order valence-corrected chi connectivity index (χ2v) is 10.8. The van der Waals surface area contributed by atoms with Crippen LogP contribution in [-0.4, -0.2) is 33.9 Å². The molecule has 0 unspecified atom stereocenters. The van der Waals surface area contributed by atoms with Gasteiger partial charge in [0.1, 0.15) is 23.3 Å². The molecular formula is C34H28B2N8. The number of para-hydroxylation sites is 2. The number of aromatic nitrogens is 4. The lowest BCUT2D eigenvalue weighted by atomic mass is 9.67. The Morgan fingerprint density at radius 2 is 1.09 bits per heavy atom. The van der Waals surface area contributed by atoms with Crippen LogP contribution in [0.15, 0.2) is 140 Å². The summed E-state index contributed by atoms with van der Waals surface area (Å²) in [5, 5.41) is 0. The molecule has 2 aliphatic rings. The van der Waals surface area contributed by atoms with E-state index in [-0.39, 0.29) is 14.0 Å². The predicted molar refractivity (Wildman–Crippen MR) is 179 cm³/mol. The van der Waals surface area contributed by atoms with Gasteiger partial charge in [-0.25, -0.2) is 19.9 Å². The van der Waals surface area contributed by atoms with Crippen molar-refractivity contribution in [2.24, 2.45) is 0 Å². The van der Waals surface area contributed by atoms with E-state index in [1.807, 2.05) is 67.1 Å². The molecule has 0 N–H and O–H groups in total. The normalized spacial score (nSPS) is 13.8. The molecule has 2 aromatic carbocycles. The lowest BCUT2D eigenvalue weighted by molar-refractivity contribution is 1.10. The third-order valence-corrected chi connectivity index (χ3v) is 8.25. The SMILES string of the molecule is CB1N(c2ccccn2)c2ccc(CB3N(c4ccccc4)c4cccnc4N3c3ccccc3)nc2N1c1ccccn1. The van der Waals surface area contributed by atoms with Gasteiger partial charge in [-0.05, 0) is 79.6 Å². The number of fused-ring (bicyclic) bond motifs is 2. The Morgan fingerprint density at radius 1 is 0.500 bits per heavy atom. The number of anilines is 8. The van der Waals surface area contributed by atoms with Crippen LogP contribution in [0.5, 0.6) is 0 Å². The quantitative estimate of drug-likeness (QED) is 0.195. The lowest BCUT2D eigenvalue weighted by Crippen LogP contribution is -2.46. The zero-order chi connectivity index (χ0) is 29.5. The summed E-state index contributed by atoms with van der Waals surface area (Å²) >= 11 is 0. The average Bonchev–Trinajstić information content (AvgIpc) is 3.57. The van der Waals surface area contributed by atoms with E-state index in [0.717, 1.165) is 51.7 Å². The minimum atomic E-state index is -0.0933. The summed E-state index contributed by atoms with van der Waals surface area (Å²) < 4.78 is 0. The highest BCUT2D eigenvalue weighted by Crippen LogP contribution is 2.47. The zero-order valence-electron chi connectivity index (χ0n) is 24.2. The molecule has 0 fully saturated rings. The highest BCUT2D eigenvalue weighted by molar-refractivity contribution is 6.73. The van der Waals surface area contributed by atoms with E-state index in [9.17, 15) is 0 Å². The van der Waals surface area contributed by atoms with E-state index in [1.165, 1.54) is 0 Å². The fraction of sp³-hybridized carbons (Fsp3) is 0.0588. The summed E-state index contributed by atoms with van der Waals surface area (Å²) in [5.41, 5.74) is 5.23. The van der Waals surface area contributed by atoms with Crippen molar-refractivity contribution in [3.05, 3.63) is 146 Å². The van der Waals surface area contributed by atoms with Gasteiger partial charge in [0, 0.05) is 42.0 Å². The number of rotatable bonds is 6. The third-order valence-electron chi connectivity index (χ3n) is 8.25. The minimum Gasteiger partial charge on any atom is -0.362 e. The van der Waals surface area contributed by atoms with Gasteiger partial charge in [0.2, 0.25) is 0 Å². The summed E-state index contributed by atoms with van der Waals surface area (Å²) in [4.78, 5) is 28.8. The van der Waals surface area contributed by atoms with Crippen molar-refractivity contribution in [2.75, 3.05) is 19.2 Å². The van der Waals surface area contributed by atoms with Gasteiger partial charge < -0.3 is 19.2 Å². The first-order valence-electron chi connectivity index (χ1n) is 14.8. The summed E-state index contributed by atoms with van der Waals surface area (Å²) in [6.07, 6.45) is 6.18. The maximum atomic E-state index is 5.36. The topological polar surface area (TPSA) is 64.5 Å². The molecule has 8 nitrogen and oxygen atoms in total. The van der Waals surface area contributed by atoms with Gasteiger partial charge in [-0.2, -0.15) is 0 Å². The molecule has 0 spiro atoms.